The third-order valence-corrected chi connectivity index (χ3v) is 3.63. The molecule has 0 saturated heterocycles. The van der Waals surface area contributed by atoms with Gasteiger partial charge < -0.3 is 10.5 Å². The Labute approximate surface area is 128 Å². The van der Waals surface area contributed by atoms with Crippen LogP contribution in [0.3, 0.4) is 0 Å². The Hall–Kier alpha value is -1.99. The lowest BCUT2D eigenvalue weighted by Gasteiger charge is -2.12. The molecule has 0 aromatic heterocycles. The third-order valence-electron chi connectivity index (χ3n) is 2.89. The van der Waals surface area contributed by atoms with Crippen LogP contribution in [0.4, 0.5) is 10.1 Å². The van der Waals surface area contributed by atoms with E-state index in [4.69, 9.17) is 10.5 Å². The zero-order valence-corrected chi connectivity index (χ0v) is 12.5. The van der Waals surface area contributed by atoms with Crippen LogP contribution in [-0.4, -0.2) is 4.92 Å². The second-order valence-corrected chi connectivity index (χ2v) is 5.11. The standard InChI is InChI=1S/C14H12BrFN2O3/c15-12-6-11(18(19)20)5-4-10(12)8-21-14-9(7-17)2-1-3-13(14)16/h1-6H,7-8,17H2. The Bertz CT molecular complexity index is 679. The van der Waals surface area contributed by atoms with Gasteiger partial charge in [-0.1, -0.05) is 28.1 Å². The fourth-order valence-corrected chi connectivity index (χ4v) is 2.27. The van der Waals surface area contributed by atoms with E-state index in [2.05, 4.69) is 15.9 Å². The Morgan fingerprint density at radius 2 is 2.05 bits per heavy atom. The van der Waals surface area contributed by atoms with Gasteiger partial charge in [0.25, 0.3) is 5.69 Å². The van der Waals surface area contributed by atoms with E-state index in [1.165, 1.54) is 18.2 Å². The minimum atomic E-state index is -0.490. The van der Waals surface area contributed by atoms with Gasteiger partial charge in [0.15, 0.2) is 11.6 Å². The van der Waals surface area contributed by atoms with Crippen LogP contribution in [0, 0.1) is 15.9 Å². The quantitative estimate of drug-likeness (QED) is 0.657. The third kappa shape index (κ3) is 3.56. The summed E-state index contributed by atoms with van der Waals surface area (Å²) in [5.74, 6) is -0.388. The molecule has 0 heterocycles. The first-order valence-electron chi connectivity index (χ1n) is 6.06. The normalized spacial score (nSPS) is 10.4. The van der Waals surface area contributed by atoms with E-state index in [1.807, 2.05) is 0 Å². The van der Waals surface area contributed by atoms with E-state index in [9.17, 15) is 14.5 Å². The molecule has 0 atom stereocenters. The number of para-hydroxylation sites is 1. The molecule has 0 aliphatic carbocycles. The number of nitrogens with two attached hydrogens (primary N) is 1. The number of hydrogen-bond acceptors (Lipinski definition) is 4. The molecule has 110 valence electrons. The molecule has 7 heteroatoms. The van der Waals surface area contributed by atoms with Crippen molar-refractivity contribution in [3.8, 4) is 5.75 Å². The van der Waals surface area contributed by atoms with E-state index in [0.29, 0.717) is 15.6 Å². The minimum absolute atomic E-state index is 0.0286. The van der Waals surface area contributed by atoms with Crippen LogP contribution in [0.5, 0.6) is 5.75 Å². The Morgan fingerprint density at radius 1 is 1.29 bits per heavy atom. The van der Waals surface area contributed by atoms with Crippen molar-refractivity contribution in [2.45, 2.75) is 13.2 Å². The number of non-ortho nitro benzene ring substituents is 1. The molecule has 0 unspecified atom stereocenters. The molecule has 0 aliphatic heterocycles. The van der Waals surface area contributed by atoms with Crippen molar-refractivity contribution in [1.29, 1.82) is 0 Å². The first-order chi connectivity index (χ1) is 10.0. The highest BCUT2D eigenvalue weighted by Gasteiger charge is 2.12. The molecule has 0 saturated carbocycles. The Morgan fingerprint density at radius 3 is 2.67 bits per heavy atom. The SMILES string of the molecule is NCc1cccc(F)c1OCc1ccc([N+](=O)[O-])cc1Br. The molecule has 0 spiro atoms. The van der Waals surface area contributed by atoms with Gasteiger partial charge in [-0.25, -0.2) is 4.39 Å². The average molecular weight is 355 g/mol. The van der Waals surface area contributed by atoms with E-state index in [0.717, 1.165) is 0 Å². The van der Waals surface area contributed by atoms with Gasteiger partial charge in [-0.05, 0) is 12.1 Å². The number of ether oxygens (including phenoxy) is 1. The highest BCUT2D eigenvalue weighted by Crippen LogP contribution is 2.27. The molecule has 2 rings (SSSR count). The summed E-state index contributed by atoms with van der Waals surface area (Å²) in [6.07, 6.45) is 0. The number of benzene rings is 2. The predicted molar refractivity (Wildman–Crippen MR) is 79.4 cm³/mol. The van der Waals surface area contributed by atoms with Gasteiger partial charge in [-0.3, -0.25) is 10.1 Å². The van der Waals surface area contributed by atoms with Crippen molar-refractivity contribution in [2.75, 3.05) is 0 Å². The molecular formula is C14H12BrFN2O3. The summed E-state index contributed by atoms with van der Waals surface area (Å²) in [5, 5.41) is 10.7. The van der Waals surface area contributed by atoms with Gasteiger partial charge >= 0.3 is 0 Å². The van der Waals surface area contributed by atoms with Crippen LogP contribution >= 0.6 is 15.9 Å². The number of nitrogens with zero attached hydrogens (tertiary/aromatic N) is 1. The van der Waals surface area contributed by atoms with Gasteiger partial charge in [0.05, 0.1) is 4.92 Å². The molecule has 2 aromatic carbocycles. The van der Waals surface area contributed by atoms with Crippen LogP contribution in [0.1, 0.15) is 11.1 Å². The summed E-state index contributed by atoms with van der Waals surface area (Å²) in [6, 6.07) is 8.85. The zero-order valence-electron chi connectivity index (χ0n) is 10.9. The average Bonchev–Trinajstić information content (AvgIpc) is 2.46. The smallest absolute Gasteiger partial charge is 0.270 e. The van der Waals surface area contributed by atoms with Crippen LogP contribution in [-0.2, 0) is 13.2 Å². The second-order valence-electron chi connectivity index (χ2n) is 4.25. The van der Waals surface area contributed by atoms with Crippen LogP contribution < -0.4 is 10.5 Å². The van der Waals surface area contributed by atoms with Crippen LogP contribution in [0.15, 0.2) is 40.9 Å². The highest BCUT2D eigenvalue weighted by atomic mass is 79.9. The van der Waals surface area contributed by atoms with Gasteiger partial charge in [-0.2, -0.15) is 0 Å². The number of halogens is 2. The second kappa shape index (κ2) is 6.64. The molecular weight excluding hydrogens is 343 g/mol. The highest BCUT2D eigenvalue weighted by molar-refractivity contribution is 9.10. The van der Waals surface area contributed by atoms with Crippen molar-refractivity contribution < 1.29 is 14.1 Å². The number of hydrogen-bond donors (Lipinski definition) is 1. The van der Waals surface area contributed by atoms with Crippen molar-refractivity contribution in [3.05, 3.63) is 67.9 Å². The van der Waals surface area contributed by atoms with Crippen molar-refractivity contribution in [1.82, 2.24) is 0 Å². The summed E-state index contributed by atoms with van der Waals surface area (Å²) in [4.78, 5) is 10.2. The van der Waals surface area contributed by atoms with Gasteiger partial charge in [-0.15, -0.1) is 0 Å². The lowest BCUT2D eigenvalue weighted by Crippen LogP contribution is -2.05. The summed E-state index contributed by atoms with van der Waals surface area (Å²) in [7, 11) is 0. The first kappa shape index (κ1) is 15.4. The zero-order chi connectivity index (χ0) is 15.4. The van der Waals surface area contributed by atoms with Crippen LogP contribution in [0.2, 0.25) is 0 Å². The first-order valence-corrected chi connectivity index (χ1v) is 6.85. The molecule has 0 radical (unpaired) electrons. The fraction of sp³-hybridized carbons (Fsp3) is 0.143. The lowest BCUT2D eigenvalue weighted by molar-refractivity contribution is -0.384. The largest absolute Gasteiger partial charge is 0.485 e. The van der Waals surface area contributed by atoms with Gasteiger partial charge in [0.1, 0.15) is 6.61 Å². The maximum absolute atomic E-state index is 13.7. The summed E-state index contributed by atoms with van der Waals surface area (Å²) in [6.45, 7) is 0.237. The molecule has 2 aromatic rings. The maximum Gasteiger partial charge on any atom is 0.270 e. The van der Waals surface area contributed by atoms with Crippen molar-refractivity contribution >= 4 is 21.6 Å². The number of nitro groups is 1. The van der Waals surface area contributed by atoms with E-state index >= 15 is 0 Å². The molecule has 0 amide bonds. The van der Waals surface area contributed by atoms with E-state index < -0.39 is 10.7 Å². The fourth-order valence-electron chi connectivity index (χ4n) is 1.79. The minimum Gasteiger partial charge on any atom is -0.485 e. The Balaban J connectivity index is 2.19. The van der Waals surface area contributed by atoms with Crippen LogP contribution in [0.25, 0.3) is 0 Å². The Kier molecular flexibility index (Phi) is 4.87. The molecule has 2 N–H and O–H groups in total. The van der Waals surface area contributed by atoms with E-state index in [1.54, 1.807) is 18.2 Å². The summed E-state index contributed by atoms with van der Waals surface area (Å²) < 4.78 is 19.7. The molecule has 0 bridgehead atoms. The monoisotopic (exact) mass is 354 g/mol. The topological polar surface area (TPSA) is 78.4 Å². The molecule has 0 fully saturated rings. The van der Waals surface area contributed by atoms with Gasteiger partial charge in [0.2, 0.25) is 0 Å². The van der Waals surface area contributed by atoms with Gasteiger partial charge in [0, 0.05) is 34.3 Å². The van der Waals surface area contributed by atoms with E-state index in [-0.39, 0.29) is 24.6 Å². The molecule has 21 heavy (non-hydrogen) atoms. The molecule has 5 nitrogen and oxygen atoms in total. The predicted octanol–water partition coefficient (Wildman–Crippen LogP) is 3.53. The summed E-state index contributed by atoms with van der Waals surface area (Å²) in [5.41, 5.74) is 6.75. The van der Waals surface area contributed by atoms with Crippen molar-refractivity contribution in [3.63, 3.8) is 0 Å². The maximum atomic E-state index is 13.7. The van der Waals surface area contributed by atoms with Crippen molar-refractivity contribution in [2.24, 2.45) is 5.73 Å². The number of rotatable bonds is 5. The number of nitro benzene ring substituents is 1. The summed E-state index contributed by atoms with van der Waals surface area (Å²) >= 11 is 3.24. The lowest BCUT2D eigenvalue weighted by atomic mass is 10.2. The molecule has 0 aliphatic rings.